The molecule has 0 fully saturated rings. The van der Waals surface area contributed by atoms with Crippen molar-refractivity contribution in [3.63, 3.8) is 0 Å². The van der Waals surface area contributed by atoms with E-state index < -0.39 is 0 Å². The van der Waals surface area contributed by atoms with E-state index in [9.17, 15) is 4.79 Å². The first kappa shape index (κ1) is 15.4. The molecular weight excluding hydrogens is 290 g/mol. The highest BCUT2D eigenvalue weighted by Gasteiger charge is 2.28. The second-order valence-corrected chi connectivity index (χ2v) is 5.89. The van der Waals surface area contributed by atoms with Gasteiger partial charge in [-0.05, 0) is 42.5 Å². The number of ether oxygens (including phenoxy) is 2. The minimum atomic E-state index is -0.0679. The quantitative estimate of drug-likeness (QED) is 0.942. The third-order valence-corrected chi connectivity index (χ3v) is 4.43. The predicted molar refractivity (Wildman–Crippen MR) is 90.3 cm³/mol. The van der Waals surface area contributed by atoms with Crippen LogP contribution in [-0.4, -0.2) is 20.1 Å². The van der Waals surface area contributed by atoms with Gasteiger partial charge >= 0.3 is 0 Å². The van der Waals surface area contributed by atoms with E-state index in [4.69, 9.17) is 9.47 Å². The van der Waals surface area contributed by atoms with E-state index >= 15 is 0 Å². The monoisotopic (exact) mass is 311 g/mol. The van der Waals surface area contributed by atoms with Gasteiger partial charge in [0.25, 0.3) is 0 Å². The lowest BCUT2D eigenvalue weighted by atomic mass is 9.87. The molecular formula is C19H21NO3. The molecule has 0 saturated carbocycles. The summed E-state index contributed by atoms with van der Waals surface area (Å²) >= 11 is 0. The molecule has 0 aliphatic carbocycles. The molecule has 0 radical (unpaired) electrons. The van der Waals surface area contributed by atoms with E-state index in [0.717, 1.165) is 17.7 Å². The van der Waals surface area contributed by atoms with Gasteiger partial charge in [-0.25, -0.2) is 0 Å². The van der Waals surface area contributed by atoms with Gasteiger partial charge < -0.3 is 14.8 Å². The van der Waals surface area contributed by atoms with Crippen molar-refractivity contribution in [1.29, 1.82) is 0 Å². The van der Waals surface area contributed by atoms with Gasteiger partial charge in [-0.1, -0.05) is 24.3 Å². The molecule has 1 unspecified atom stereocenters. The third-order valence-electron chi connectivity index (χ3n) is 4.43. The highest BCUT2D eigenvalue weighted by Crippen LogP contribution is 2.37. The summed E-state index contributed by atoms with van der Waals surface area (Å²) in [5.74, 6) is 1.32. The first-order valence-electron chi connectivity index (χ1n) is 7.72. The minimum absolute atomic E-state index is 0.0629. The van der Waals surface area contributed by atoms with Crippen LogP contribution < -0.4 is 14.8 Å². The van der Waals surface area contributed by atoms with Gasteiger partial charge in [0.2, 0.25) is 5.91 Å². The molecule has 1 heterocycles. The molecule has 3 rings (SSSR count). The molecule has 23 heavy (non-hydrogen) atoms. The standard InChI is InChI=1S/C19H21NO3/c1-12-6-4-5-7-13(12)8-15-9-14-10-17(22-2)18(23-3)11-16(14)20-19(15)21/h4-7,10-11,15H,8-9H2,1-3H3,(H,20,21). The topological polar surface area (TPSA) is 47.6 Å². The van der Waals surface area contributed by atoms with Crippen molar-refractivity contribution in [2.24, 2.45) is 5.92 Å². The molecule has 0 spiro atoms. The number of fused-ring (bicyclic) bond motifs is 1. The van der Waals surface area contributed by atoms with Gasteiger partial charge in [0.1, 0.15) is 0 Å². The van der Waals surface area contributed by atoms with Gasteiger partial charge in [0.05, 0.1) is 14.2 Å². The summed E-state index contributed by atoms with van der Waals surface area (Å²) in [5.41, 5.74) is 4.34. The lowest BCUT2D eigenvalue weighted by Crippen LogP contribution is -2.31. The molecule has 4 nitrogen and oxygen atoms in total. The van der Waals surface area contributed by atoms with Crippen LogP contribution in [0.15, 0.2) is 36.4 Å². The van der Waals surface area contributed by atoms with E-state index in [-0.39, 0.29) is 11.8 Å². The number of benzene rings is 2. The van der Waals surface area contributed by atoms with E-state index in [1.807, 2.05) is 24.3 Å². The Labute approximate surface area is 136 Å². The Morgan fingerprint density at radius 1 is 1.13 bits per heavy atom. The molecule has 1 aliphatic heterocycles. The van der Waals surface area contributed by atoms with Gasteiger partial charge in [-0.15, -0.1) is 0 Å². The normalized spacial score (nSPS) is 16.5. The van der Waals surface area contributed by atoms with E-state index in [1.165, 1.54) is 11.1 Å². The summed E-state index contributed by atoms with van der Waals surface area (Å²) in [6.45, 7) is 2.08. The molecule has 120 valence electrons. The van der Waals surface area contributed by atoms with Gasteiger partial charge in [-0.2, -0.15) is 0 Å². The van der Waals surface area contributed by atoms with Crippen LogP contribution in [0.1, 0.15) is 16.7 Å². The third kappa shape index (κ3) is 3.02. The van der Waals surface area contributed by atoms with Crippen molar-refractivity contribution in [1.82, 2.24) is 0 Å². The van der Waals surface area contributed by atoms with Crippen molar-refractivity contribution in [3.05, 3.63) is 53.1 Å². The largest absolute Gasteiger partial charge is 0.493 e. The smallest absolute Gasteiger partial charge is 0.228 e. The van der Waals surface area contributed by atoms with E-state index in [1.54, 1.807) is 14.2 Å². The molecule has 1 amide bonds. The van der Waals surface area contributed by atoms with Crippen LogP contribution in [0.4, 0.5) is 5.69 Å². The van der Waals surface area contributed by atoms with Gasteiger partial charge in [0, 0.05) is 17.7 Å². The average molecular weight is 311 g/mol. The maximum atomic E-state index is 12.4. The first-order valence-corrected chi connectivity index (χ1v) is 7.72. The molecule has 0 saturated heterocycles. The van der Waals surface area contributed by atoms with Crippen molar-refractivity contribution in [3.8, 4) is 11.5 Å². The van der Waals surface area contributed by atoms with Crippen LogP contribution in [0.5, 0.6) is 11.5 Å². The van der Waals surface area contributed by atoms with E-state index in [0.29, 0.717) is 17.9 Å². The molecule has 1 N–H and O–H groups in total. The number of anilines is 1. The zero-order valence-electron chi connectivity index (χ0n) is 13.7. The fourth-order valence-electron chi connectivity index (χ4n) is 3.07. The molecule has 0 aromatic heterocycles. The summed E-state index contributed by atoms with van der Waals surface area (Å²) < 4.78 is 10.7. The summed E-state index contributed by atoms with van der Waals surface area (Å²) in [5, 5.41) is 3.00. The number of rotatable bonds is 4. The molecule has 0 bridgehead atoms. The van der Waals surface area contributed by atoms with Crippen LogP contribution >= 0.6 is 0 Å². The predicted octanol–water partition coefficient (Wildman–Crippen LogP) is 3.37. The fourth-order valence-corrected chi connectivity index (χ4v) is 3.07. The Bertz CT molecular complexity index is 739. The highest BCUT2D eigenvalue weighted by atomic mass is 16.5. The van der Waals surface area contributed by atoms with E-state index in [2.05, 4.69) is 24.4 Å². The summed E-state index contributed by atoms with van der Waals surface area (Å²) in [6, 6.07) is 12.0. The zero-order chi connectivity index (χ0) is 16.4. The SMILES string of the molecule is COc1cc2c(cc1OC)NC(=O)C(Cc1ccccc1C)C2. The molecule has 2 aromatic rings. The van der Waals surface area contributed by atoms with Crippen molar-refractivity contribution in [2.75, 3.05) is 19.5 Å². The Morgan fingerprint density at radius 3 is 2.52 bits per heavy atom. The number of nitrogens with one attached hydrogen (secondary N) is 1. The number of amides is 1. The molecule has 1 aliphatic rings. The van der Waals surface area contributed by atoms with Crippen molar-refractivity contribution < 1.29 is 14.3 Å². The van der Waals surface area contributed by atoms with Crippen LogP contribution in [0.2, 0.25) is 0 Å². The summed E-state index contributed by atoms with van der Waals surface area (Å²) in [4.78, 5) is 12.4. The van der Waals surface area contributed by atoms with Crippen LogP contribution in [0, 0.1) is 12.8 Å². The number of hydrogen-bond acceptors (Lipinski definition) is 3. The van der Waals surface area contributed by atoms with Crippen LogP contribution in [-0.2, 0) is 17.6 Å². The maximum absolute atomic E-state index is 12.4. The Morgan fingerprint density at radius 2 is 1.83 bits per heavy atom. The van der Waals surface area contributed by atoms with Gasteiger partial charge in [0.15, 0.2) is 11.5 Å². The van der Waals surface area contributed by atoms with Crippen molar-refractivity contribution >= 4 is 11.6 Å². The number of aryl methyl sites for hydroxylation is 1. The lowest BCUT2D eigenvalue weighted by molar-refractivity contribution is -0.120. The molecule has 1 atom stereocenters. The highest BCUT2D eigenvalue weighted by molar-refractivity contribution is 5.96. The van der Waals surface area contributed by atoms with Crippen LogP contribution in [0.25, 0.3) is 0 Å². The zero-order valence-corrected chi connectivity index (χ0v) is 13.7. The Balaban J connectivity index is 1.88. The summed E-state index contributed by atoms with van der Waals surface area (Å²) in [7, 11) is 3.21. The first-order chi connectivity index (χ1) is 11.1. The number of carbonyl (C=O) groups excluding carboxylic acids is 1. The minimum Gasteiger partial charge on any atom is -0.493 e. The lowest BCUT2D eigenvalue weighted by Gasteiger charge is -2.26. The number of methoxy groups -OCH3 is 2. The maximum Gasteiger partial charge on any atom is 0.228 e. The Hall–Kier alpha value is -2.49. The number of hydrogen-bond donors (Lipinski definition) is 1. The average Bonchev–Trinajstić information content (AvgIpc) is 2.56. The Kier molecular flexibility index (Phi) is 4.24. The second kappa shape index (κ2) is 6.32. The van der Waals surface area contributed by atoms with Crippen molar-refractivity contribution in [2.45, 2.75) is 19.8 Å². The summed E-state index contributed by atoms with van der Waals surface area (Å²) in [6.07, 6.45) is 1.45. The molecule has 4 heteroatoms. The number of carbonyl (C=O) groups is 1. The fraction of sp³-hybridized carbons (Fsp3) is 0.316. The van der Waals surface area contributed by atoms with Gasteiger partial charge in [-0.3, -0.25) is 4.79 Å². The second-order valence-electron chi connectivity index (χ2n) is 5.89. The van der Waals surface area contributed by atoms with Crippen LogP contribution in [0.3, 0.4) is 0 Å². The molecule has 2 aromatic carbocycles.